The first kappa shape index (κ1) is 17.6. The molecule has 3 aromatic rings. The lowest BCUT2D eigenvalue weighted by atomic mass is 10.1. The van der Waals surface area contributed by atoms with Gasteiger partial charge >= 0.3 is 0 Å². The van der Waals surface area contributed by atoms with Gasteiger partial charge in [-0.25, -0.2) is 9.97 Å². The van der Waals surface area contributed by atoms with Crippen LogP contribution in [0.3, 0.4) is 0 Å². The highest BCUT2D eigenvalue weighted by Gasteiger charge is 2.23. The summed E-state index contributed by atoms with van der Waals surface area (Å²) in [4.78, 5) is 24.1. The quantitative estimate of drug-likeness (QED) is 0.699. The molecule has 4 rings (SSSR count). The maximum atomic E-state index is 13.1. The Morgan fingerprint density at radius 2 is 1.74 bits per heavy atom. The molecule has 0 unspecified atom stereocenters. The first-order valence-electron chi connectivity index (χ1n) is 9.40. The van der Waals surface area contributed by atoms with Crippen LogP contribution < -0.4 is 0 Å². The first-order chi connectivity index (χ1) is 12.9. The predicted octanol–water partition coefficient (Wildman–Crippen LogP) is 2.66. The molecule has 0 bridgehead atoms. The zero-order valence-corrected chi connectivity index (χ0v) is 16.2. The number of hydrogen-bond donors (Lipinski definition) is 0. The van der Waals surface area contributed by atoms with Crippen LogP contribution in [0.1, 0.15) is 53.2 Å². The molecule has 0 atom stereocenters. The van der Waals surface area contributed by atoms with Crippen molar-refractivity contribution >= 4 is 16.9 Å². The highest BCUT2D eigenvalue weighted by Crippen LogP contribution is 2.19. The van der Waals surface area contributed by atoms with Crippen LogP contribution in [-0.4, -0.2) is 48.6 Å². The molecule has 140 valence electrons. The van der Waals surface area contributed by atoms with Crippen molar-refractivity contribution in [1.29, 1.82) is 0 Å². The summed E-state index contributed by atoms with van der Waals surface area (Å²) in [7, 11) is 0. The molecule has 2 aromatic heterocycles. The summed E-state index contributed by atoms with van der Waals surface area (Å²) >= 11 is 0. The van der Waals surface area contributed by atoms with Crippen LogP contribution >= 0.6 is 0 Å². The van der Waals surface area contributed by atoms with Crippen LogP contribution in [0.25, 0.3) is 11.0 Å². The molecule has 3 heterocycles. The van der Waals surface area contributed by atoms with Crippen LogP contribution in [0.5, 0.6) is 0 Å². The van der Waals surface area contributed by atoms with E-state index in [2.05, 4.69) is 38.6 Å². The van der Waals surface area contributed by atoms with Crippen molar-refractivity contribution in [2.45, 2.75) is 46.6 Å². The van der Waals surface area contributed by atoms with Crippen LogP contribution in [0.2, 0.25) is 0 Å². The van der Waals surface area contributed by atoms with E-state index >= 15 is 0 Å². The lowest BCUT2D eigenvalue weighted by Gasteiger charge is -2.20. The molecule has 7 heteroatoms. The zero-order valence-electron chi connectivity index (χ0n) is 16.2. The molecule has 7 nitrogen and oxygen atoms in total. The lowest BCUT2D eigenvalue weighted by Crippen LogP contribution is -2.33. The number of fused-ring (bicyclic) bond motifs is 2. The SMILES string of the molecule is Cc1nc2ccc(C(=O)N3CCc4nnc(C(C)C)n4CC3)cc2nc1C. The molecular weight excluding hydrogens is 340 g/mol. The predicted molar refractivity (Wildman–Crippen MR) is 103 cm³/mol. The largest absolute Gasteiger partial charge is 0.336 e. The third-order valence-electron chi connectivity index (χ3n) is 5.18. The maximum Gasteiger partial charge on any atom is 0.254 e. The molecule has 0 saturated heterocycles. The molecule has 1 amide bonds. The minimum Gasteiger partial charge on any atom is -0.336 e. The summed E-state index contributed by atoms with van der Waals surface area (Å²) in [5, 5.41) is 8.63. The number of carbonyl (C=O) groups is 1. The van der Waals surface area contributed by atoms with E-state index in [9.17, 15) is 4.79 Å². The second kappa shape index (κ2) is 6.72. The van der Waals surface area contributed by atoms with Gasteiger partial charge in [0, 0.05) is 37.5 Å². The van der Waals surface area contributed by atoms with Crippen molar-refractivity contribution in [2.75, 3.05) is 13.1 Å². The second-order valence-corrected chi connectivity index (χ2v) is 7.42. The van der Waals surface area contributed by atoms with E-state index in [0.717, 1.165) is 47.0 Å². The molecule has 1 aromatic carbocycles. The van der Waals surface area contributed by atoms with E-state index in [1.54, 1.807) is 0 Å². The third kappa shape index (κ3) is 3.18. The number of amides is 1. The van der Waals surface area contributed by atoms with Crippen molar-refractivity contribution in [3.8, 4) is 0 Å². The van der Waals surface area contributed by atoms with Gasteiger partial charge in [0.2, 0.25) is 0 Å². The van der Waals surface area contributed by atoms with E-state index in [4.69, 9.17) is 0 Å². The summed E-state index contributed by atoms with van der Waals surface area (Å²) in [6, 6.07) is 5.58. The molecule has 0 fully saturated rings. The maximum absolute atomic E-state index is 13.1. The van der Waals surface area contributed by atoms with Gasteiger partial charge in [0.05, 0.1) is 22.4 Å². The van der Waals surface area contributed by atoms with Crippen LogP contribution in [0.4, 0.5) is 0 Å². The number of aryl methyl sites for hydroxylation is 2. The molecule has 0 spiro atoms. The number of hydrogen-bond acceptors (Lipinski definition) is 5. The van der Waals surface area contributed by atoms with Gasteiger partial charge in [-0.1, -0.05) is 13.8 Å². The van der Waals surface area contributed by atoms with E-state index < -0.39 is 0 Å². The lowest BCUT2D eigenvalue weighted by molar-refractivity contribution is 0.0759. The molecular formula is C20H24N6O. The Morgan fingerprint density at radius 1 is 1.00 bits per heavy atom. The molecule has 0 saturated carbocycles. The van der Waals surface area contributed by atoms with Crippen molar-refractivity contribution in [3.05, 3.63) is 46.8 Å². The average Bonchev–Trinajstić information content (AvgIpc) is 2.94. The van der Waals surface area contributed by atoms with Gasteiger partial charge in [0.25, 0.3) is 5.91 Å². The number of rotatable bonds is 2. The Balaban J connectivity index is 1.58. The molecule has 0 radical (unpaired) electrons. The van der Waals surface area contributed by atoms with Gasteiger partial charge in [-0.15, -0.1) is 10.2 Å². The molecule has 0 N–H and O–H groups in total. The van der Waals surface area contributed by atoms with Gasteiger partial charge in [-0.2, -0.15) is 0 Å². The van der Waals surface area contributed by atoms with Crippen molar-refractivity contribution in [1.82, 2.24) is 29.6 Å². The Morgan fingerprint density at radius 3 is 2.48 bits per heavy atom. The Bertz CT molecular complexity index is 1020. The van der Waals surface area contributed by atoms with E-state index in [1.165, 1.54) is 0 Å². The number of benzene rings is 1. The summed E-state index contributed by atoms with van der Waals surface area (Å²) in [6.07, 6.45) is 0.719. The zero-order chi connectivity index (χ0) is 19.1. The van der Waals surface area contributed by atoms with Gasteiger partial charge < -0.3 is 9.47 Å². The Labute approximate surface area is 158 Å². The first-order valence-corrected chi connectivity index (χ1v) is 9.40. The van der Waals surface area contributed by atoms with Crippen LogP contribution in [0.15, 0.2) is 18.2 Å². The normalized spacial score (nSPS) is 14.5. The number of carbonyl (C=O) groups excluding carboxylic acids is 1. The molecule has 0 aliphatic carbocycles. The van der Waals surface area contributed by atoms with Crippen molar-refractivity contribution in [3.63, 3.8) is 0 Å². The van der Waals surface area contributed by atoms with Gasteiger partial charge in [0.15, 0.2) is 0 Å². The summed E-state index contributed by atoms with van der Waals surface area (Å²) in [6.45, 7) is 10.1. The molecule has 1 aliphatic heterocycles. The highest BCUT2D eigenvalue weighted by atomic mass is 16.2. The number of nitrogens with zero attached hydrogens (tertiary/aromatic N) is 6. The number of aromatic nitrogens is 5. The van der Waals surface area contributed by atoms with Crippen LogP contribution in [-0.2, 0) is 13.0 Å². The smallest absolute Gasteiger partial charge is 0.254 e. The van der Waals surface area contributed by atoms with Gasteiger partial charge in [-0.05, 0) is 32.0 Å². The van der Waals surface area contributed by atoms with E-state index in [0.29, 0.717) is 24.6 Å². The minimum atomic E-state index is 0.0294. The van der Waals surface area contributed by atoms with E-state index in [-0.39, 0.29) is 5.91 Å². The fourth-order valence-corrected chi connectivity index (χ4v) is 3.52. The monoisotopic (exact) mass is 364 g/mol. The van der Waals surface area contributed by atoms with Crippen molar-refractivity contribution < 1.29 is 4.79 Å². The van der Waals surface area contributed by atoms with E-state index in [1.807, 2.05) is 36.9 Å². The Hall–Kier alpha value is -2.83. The van der Waals surface area contributed by atoms with Crippen LogP contribution in [0, 0.1) is 13.8 Å². The summed E-state index contributed by atoms with van der Waals surface area (Å²) < 4.78 is 2.16. The Kier molecular flexibility index (Phi) is 4.37. The highest BCUT2D eigenvalue weighted by molar-refractivity contribution is 5.97. The van der Waals surface area contributed by atoms with Crippen molar-refractivity contribution in [2.24, 2.45) is 0 Å². The topological polar surface area (TPSA) is 76.8 Å². The molecule has 1 aliphatic rings. The fraction of sp³-hybridized carbons (Fsp3) is 0.450. The molecule has 27 heavy (non-hydrogen) atoms. The summed E-state index contributed by atoms with van der Waals surface area (Å²) in [5.41, 5.74) is 4.04. The minimum absolute atomic E-state index is 0.0294. The standard InChI is InChI=1S/C20H24N6O/c1-12(2)19-24-23-18-7-8-25(9-10-26(18)19)20(27)15-5-6-16-17(11-15)22-14(4)13(3)21-16/h5-6,11-12H,7-10H2,1-4H3. The second-order valence-electron chi connectivity index (χ2n) is 7.42. The average molecular weight is 364 g/mol. The van der Waals surface area contributed by atoms with Gasteiger partial charge in [0.1, 0.15) is 11.6 Å². The van der Waals surface area contributed by atoms with Gasteiger partial charge in [-0.3, -0.25) is 4.79 Å². The third-order valence-corrected chi connectivity index (χ3v) is 5.18. The fourth-order valence-electron chi connectivity index (χ4n) is 3.52. The summed E-state index contributed by atoms with van der Waals surface area (Å²) in [5.74, 6) is 2.30.